The molecule has 5 nitrogen and oxygen atoms in total. The van der Waals surface area contributed by atoms with Crippen molar-refractivity contribution in [3.05, 3.63) is 35.9 Å². The lowest BCUT2D eigenvalue weighted by atomic mass is 9.77. The van der Waals surface area contributed by atoms with Gasteiger partial charge in [-0.2, -0.15) is 0 Å². The summed E-state index contributed by atoms with van der Waals surface area (Å²) in [7, 11) is 0. The highest BCUT2D eigenvalue weighted by molar-refractivity contribution is 5.85. The molecule has 0 unspecified atom stereocenters. The van der Waals surface area contributed by atoms with Crippen LogP contribution < -0.4 is 0 Å². The second kappa shape index (κ2) is 8.64. The second-order valence-electron chi connectivity index (χ2n) is 8.92. The maximum absolute atomic E-state index is 13.8. The average molecular weight is 388 g/mol. The van der Waals surface area contributed by atoms with E-state index in [1.54, 1.807) is 0 Å². The van der Waals surface area contributed by atoms with Crippen LogP contribution in [0.15, 0.2) is 30.3 Å². The van der Waals surface area contributed by atoms with Crippen molar-refractivity contribution < 1.29 is 19.4 Å². The van der Waals surface area contributed by atoms with Crippen molar-refractivity contribution in [2.24, 2.45) is 11.8 Å². The average Bonchev–Trinajstić information content (AvgIpc) is 2.68. The number of aliphatic carboxylic acids is 1. The van der Waals surface area contributed by atoms with E-state index in [4.69, 9.17) is 4.74 Å². The fraction of sp³-hybridized carbons (Fsp3) is 0.652. The maximum Gasteiger partial charge on any atom is 0.307 e. The van der Waals surface area contributed by atoms with Crippen LogP contribution >= 0.6 is 0 Å². The van der Waals surface area contributed by atoms with Gasteiger partial charge in [-0.25, -0.2) is 0 Å². The summed E-state index contributed by atoms with van der Waals surface area (Å²) in [6.07, 6.45) is 4.63. The van der Waals surface area contributed by atoms with Gasteiger partial charge in [-0.1, -0.05) is 43.2 Å². The van der Waals surface area contributed by atoms with E-state index in [0.29, 0.717) is 19.4 Å². The highest BCUT2D eigenvalue weighted by atomic mass is 16.5. The quantitative estimate of drug-likeness (QED) is 0.812. The van der Waals surface area contributed by atoms with E-state index in [-0.39, 0.29) is 23.6 Å². The molecule has 1 aliphatic carbocycles. The lowest BCUT2D eigenvalue weighted by molar-refractivity contribution is -0.158. The van der Waals surface area contributed by atoms with Crippen LogP contribution in [0.3, 0.4) is 0 Å². The van der Waals surface area contributed by atoms with Gasteiger partial charge in [-0.15, -0.1) is 0 Å². The van der Waals surface area contributed by atoms with E-state index in [1.165, 1.54) is 0 Å². The van der Waals surface area contributed by atoms with Gasteiger partial charge in [0.2, 0.25) is 5.91 Å². The van der Waals surface area contributed by atoms with Gasteiger partial charge in [0.25, 0.3) is 0 Å². The number of rotatable bonds is 5. The lowest BCUT2D eigenvalue weighted by Crippen LogP contribution is -2.52. The third-order valence-corrected chi connectivity index (χ3v) is 6.42. The first-order valence-corrected chi connectivity index (χ1v) is 10.5. The van der Waals surface area contributed by atoms with E-state index in [2.05, 4.69) is 20.8 Å². The third kappa shape index (κ3) is 4.57. The Morgan fingerprint density at radius 2 is 1.75 bits per heavy atom. The van der Waals surface area contributed by atoms with Gasteiger partial charge in [0.05, 0.1) is 23.5 Å². The van der Waals surface area contributed by atoms with E-state index in [1.807, 2.05) is 35.2 Å². The Morgan fingerprint density at radius 3 is 2.36 bits per heavy atom. The van der Waals surface area contributed by atoms with Crippen LogP contribution in [0.4, 0.5) is 0 Å². The zero-order valence-electron chi connectivity index (χ0n) is 17.3. The summed E-state index contributed by atoms with van der Waals surface area (Å²) in [5, 5.41) is 9.70. The normalized spacial score (nSPS) is 28.3. The van der Waals surface area contributed by atoms with E-state index >= 15 is 0 Å². The Kier molecular flexibility index (Phi) is 6.43. The Bertz CT molecular complexity index is 687. The first-order valence-electron chi connectivity index (χ1n) is 10.5. The minimum Gasteiger partial charge on any atom is -0.481 e. The number of nitrogens with zero attached hydrogens (tertiary/aromatic N) is 1. The van der Waals surface area contributed by atoms with Crippen molar-refractivity contribution in [1.29, 1.82) is 0 Å². The summed E-state index contributed by atoms with van der Waals surface area (Å²) in [5.41, 5.74) is 0.805. The zero-order valence-corrected chi connectivity index (χ0v) is 17.3. The van der Waals surface area contributed by atoms with Crippen LogP contribution in [0.2, 0.25) is 0 Å². The van der Waals surface area contributed by atoms with Crippen molar-refractivity contribution >= 4 is 11.9 Å². The first-order chi connectivity index (χ1) is 13.3. The lowest BCUT2D eigenvalue weighted by Gasteiger charge is -2.46. The Balaban J connectivity index is 1.93. The summed E-state index contributed by atoms with van der Waals surface area (Å²) >= 11 is 0. The van der Waals surface area contributed by atoms with Crippen molar-refractivity contribution in [3.63, 3.8) is 0 Å². The number of amides is 1. The van der Waals surface area contributed by atoms with Crippen LogP contribution in [0.5, 0.6) is 0 Å². The number of ether oxygens (including phenoxy) is 1. The predicted molar refractivity (Wildman–Crippen MR) is 108 cm³/mol. The molecule has 1 amide bonds. The van der Waals surface area contributed by atoms with E-state index in [0.717, 1.165) is 31.2 Å². The molecule has 3 rings (SSSR count). The molecule has 1 saturated heterocycles. The summed E-state index contributed by atoms with van der Waals surface area (Å²) in [6, 6.07) is 10.0. The van der Waals surface area contributed by atoms with Crippen molar-refractivity contribution in [2.45, 2.75) is 77.0 Å². The van der Waals surface area contributed by atoms with Crippen molar-refractivity contribution in [3.8, 4) is 0 Å². The molecule has 0 aromatic heterocycles. The molecule has 2 fully saturated rings. The molecule has 1 aromatic carbocycles. The van der Waals surface area contributed by atoms with Gasteiger partial charge < -0.3 is 14.7 Å². The standard InChI is InChI=1S/C23H33NO4/c1-16(17-9-5-4-6-10-17)24(18-13-14-28-23(2,3)15-18)21(25)19-11-7-8-12-20(19)22(26)27/h4-6,9-10,16,18-20H,7-8,11-15H2,1-3H3,(H,26,27)/t16-,18+,19-,20+/m1/s1. The highest BCUT2D eigenvalue weighted by Crippen LogP contribution is 2.38. The largest absolute Gasteiger partial charge is 0.481 e. The SMILES string of the molecule is C[C@H](c1ccccc1)N(C(=O)[C@@H]1CCCC[C@@H]1C(=O)O)[C@H]1CCOC(C)(C)C1. The molecule has 4 atom stereocenters. The van der Waals surface area contributed by atoms with Crippen molar-refractivity contribution in [2.75, 3.05) is 6.61 Å². The summed E-state index contributed by atoms with van der Waals surface area (Å²) in [5.74, 6) is -1.83. The molecule has 5 heteroatoms. The molecular weight excluding hydrogens is 354 g/mol. The van der Waals surface area contributed by atoms with Crippen LogP contribution in [0.1, 0.15) is 70.9 Å². The maximum atomic E-state index is 13.8. The molecule has 154 valence electrons. The molecule has 2 aliphatic rings. The number of hydrogen-bond donors (Lipinski definition) is 1. The van der Waals surface area contributed by atoms with Gasteiger partial charge in [0.15, 0.2) is 0 Å². The number of carboxylic acids is 1. The molecule has 1 aliphatic heterocycles. The summed E-state index contributed by atoms with van der Waals surface area (Å²) in [4.78, 5) is 27.6. The second-order valence-corrected chi connectivity index (χ2v) is 8.92. The molecular formula is C23H33NO4. The Morgan fingerprint density at radius 1 is 1.11 bits per heavy atom. The van der Waals surface area contributed by atoms with Gasteiger partial charge in [-0.05, 0) is 52.0 Å². The van der Waals surface area contributed by atoms with E-state index in [9.17, 15) is 14.7 Å². The number of carboxylic acid groups (broad SMARTS) is 1. The number of hydrogen-bond acceptors (Lipinski definition) is 3. The number of carbonyl (C=O) groups is 2. The van der Waals surface area contributed by atoms with Gasteiger partial charge in [0, 0.05) is 12.6 Å². The molecule has 28 heavy (non-hydrogen) atoms. The molecule has 1 heterocycles. The summed E-state index contributed by atoms with van der Waals surface area (Å²) in [6.45, 7) is 6.82. The zero-order chi connectivity index (χ0) is 20.3. The fourth-order valence-electron chi connectivity index (χ4n) is 4.93. The molecule has 1 aromatic rings. The Hall–Kier alpha value is -1.88. The molecule has 1 N–H and O–H groups in total. The third-order valence-electron chi connectivity index (χ3n) is 6.42. The van der Waals surface area contributed by atoms with Gasteiger partial charge in [-0.3, -0.25) is 9.59 Å². The molecule has 0 bridgehead atoms. The molecule has 1 saturated carbocycles. The predicted octanol–water partition coefficient (Wildman–Crippen LogP) is 4.42. The number of carbonyl (C=O) groups excluding carboxylic acids is 1. The molecule has 0 spiro atoms. The smallest absolute Gasteiger partial charge is 0.307 e. The summed E-state index contributed by atoms with van der Waals surface area (Å²) < 4.78 is 5.88. The molecule has 0 radical (unpaired) electrons. The van der Waals surface area contributed by atoms with Crippen LogP contribution in [-0.4, -0.2) is 40.1 Å². The van der Waals surface area contributed by atoms with E-state index < -0.39 is 17.8 Å². The van der Waals surface area contributed by atoms with Crippen molar-refractivity contribution in [1.82, 2.24) is 4.90 Å². The first kappa shape index (κ1) is 20.8. The number of benzene rings is 1. The fourth-order valence-corrected chi connectivity index (χ4v) is 4.93. The van der Waals surface area contributed by atoms with Crippen LogP contribution in [0, 0.1) is 11.8 Å². The van der Waals surface area contributed by atoms with Crippen LogP contribution in [0.25, 0.3) is 0 Å². The Labute approximate surface area is 168 Å². The monoisotopic (exact) mass is 387 g/mol. The van der Waals surface area contributed by atoms with Crippen LogP contribution in [-0.2, 0) is 14.3 Å². The highest BCUT2D eigenvalue weighted by Gasteiger charge is 2.43. The van der Waals surface area contributed by atoms with Gasteiger partial charge in [0.1, 0.15) is 0 Å². The topological polar surface area (TPSA) is 66.8 Å². The van der Waals surface area contributed by atoms with Gasteiger partial charge >= 0.3 is 5.97 Å². The minimum absolute atomic E-state index is 0.00570. The minimum atomic E-state index is -0.835.